The van der Waals surface area contributed by atoms with Gasteiger partial charge in [0.2, 0.25) is 0 Å². The second-order valence-corrected chi connectivity index (χ2v) is 17.6. The normalized spacial score (nSPS) is 22.6. The second-order valence-electron chi connectivity index (χ2n) is 16.2. The molecule has 13 heteroatoms. The van der Waals surface area contributed by atoms with E-state index in [2.05, 4.69) is 86.8 Å². The van der Waals surface area contributed by atoms with Gasteiger partial charge in [0.05, 0.1) is 13.2 Å². The molecule has 62 heavy (non-hydrogen) atoms. The van der Waals surface area contributed by atoms with Gasteiger partial charge in [0.1, 0.15) is 42.7 Å². The van der Waals surface area contributed by atoms with E-state index in [1.54, 1.807) is 0 Å². The SMILES string of the molecule is CC/C=C\C/C=C\C/C=C\C/C=C\CCCCCCCCCCC(=O)OC(COCCCCCCCC/C=C\C/C=C\CCC)COP(=O)(O)OC1C(O)C(O)C(O)C(O)C1O. The highest BCUT2D eigenvalue weighted by atomic mass is 31.2. The molecule has 0 aromatic rings. The van der Waals surface area contributed by atoms with Crippen LogP contribution in [-0.4, -0.2) is 98.9 Å². The highest BCUT2D eigenvalue weighted by Gasteiger charge is 2.51. The van der Waals surface area contributed by atoms with Gasteiger partial charge in [-0.2, -0.15) is 0 Å². The van der Waals surface area contributed by atoms with Gasteiger partial charge in [-0.1, -0.05) is 157 Å². The summed E-state index contributed by atoms with van der Waals surface area (Å²) in [6.45, 7) is 4.04. The van der Waals surface area contributed by atoms with Crippen molar-refractivity contribution in [2.75, 3.05) is 19.8 Å². The number of rotatable bonds is 39. The Morgan fingerprint density at radius 3 is 1.45 bits per heavy atom. The second kappa shape index (κ2) is 39.2. The van der Waals surface area contributed by atoms with Gasteiger partial charge in [-0.05, 0) is 77.0 Å². The van der Waals surface area contributed by atoms with E-state index in [4.69, 9.17) is 18.5 Å². The highest BCUT2D eigenvalue weighted by Crippen LogP contribution is 2.47. The first-order valence-electron chi connectivity index (χ1n) is 23.8. The predicted molar refractivity (Wildman–Crippen MR) is 248 cm³/mol. The Balaban J connectivity index is 2.38. The number of phosphoric ester groups is 1. The van der Waals surface area contributed by atoms with E-state index in [0.717, 1.165) is 116 Å². The summed E-state index contributed by atoms with van der Waals surface area (Å²) < 4.78 is 34.2. The molecular formula is C49H85O12P. The number of ether oxygens (including phenoxy) is 2. The molecule has 0 spiro atoms. The Labute approximate surface area is 374 Å². The predicted octanol–water partition coefficient (Wildman–Crippen LogP) is 9.97. The lowest BCUT2D eigenvalue weighted by Crippen LogP contribution is -2.64. The molecule has 0 saturated heterocycles. The van der Waals surface area contributed by atoms with Crippen LogP contribution in [0.2, 0.25) is 0 Å². The number of aliphatic hydroxyl groups is 5. The van der Waals surface area contributed by atoms with E-state index in [1.807, 2.05) is 0 Å². The maximum Gasteiger partial charge on any atom is 0.472 e. The lowest BCUT2D eigenvalue weighted by atomic mass is 9.85. The van der Waals surface area contributed by atoms with Crippen molar-refractivity contribution in [2.24, 2.45) is 0 Å². The third kappa shape index (κ3) is 30.8. The molecule has 1 saturated carbocycles. The van der Waals surface area contributed by atoms with Crippen molar-refractivity contribution in [3.63, 3.8) is 0 Å². The Morgan fingerprint density at radius 2 is 0.952 bits per heavy atom. The minimum absolute atomic E-state index is 0.0910. The first kappa shape index (κ1) is 57.8. The maximum absolute atomic E-state index is 12.8. The molecule has 0 aromatic heterocycles. The average Bonchev–Trinajstić information content (AvgIpc) is 3.26. The summed E-state index contributed by atoms with van der Waals surface area (Å²) in [6, 6.07) is 0. The van der Waals surface area contributed by atoms with Crippen molar-refractivity contribution >= 4 is 13.8 Å². The molecular weight excluding hydrogens is 812 g/mol. The van der Waals surface area contributed by atoms with Gasteiger partial charge in [0.15, 0.2) is 0 Å². The minimum atomic E-state index is -5.03. The molecule has 0 aromatic carbocycles. The molecule has 6 N–H and O–H groups in total. The van der Waals surface area contributed by atoms with Crippen molar-refractivity contribution in [2.45, 2.75) is 211 Å². The van der Waals surface area contributed by atoms with Gasteiger partial charge in [0.25, 0.3) is 0 Å². The van der Waals surface area contributed by atoms with Crippen LogP contribution in [0.1, 0.15) is 168 Å². The van der Waals surface area contributed by atoms with Crippen LogP contribution in [0.15, 0.2) is 72.9 Å². The number of aliphatic hydroxyl groups excluding tert-OH is 5. The van der Waals surface area contributed by atoms with E-state index in [-0.39, 0.29) is 13.0 Å². The molecule has 12 nitrogen and oxygen atoms in total. The summed E-state index contributed by atoms with van der Waals surface area (Å²) in [5.41, 5.74) is 0. The molecule has 0 aliphatic heterocycles. The topological polar surface area (TPSA) is 192 Å². The molecule has 0 bridgehead atoms. The van der Waals surface area contributed by atoms with Crippen molar-refractivity contribution < 1.29 is 58.3 Å². The number of carbonyl (C=O) groups excluding carboxylic acids is 1. The van der Waals surface area contributed by atoms with Crippen LogP contribution < -0.4 is 0 Å². The van der Waals surface area contributed by atoms with Crippen LogP contribution >= 0.6 is 7.82 Å². The fourth-order valence-electron chi connectivity index (χ4n) is 6.80. The number of hydrogen-bond donors (Lipinski definition) is 6. The zero-order valence-corrected chi connectivity index (χ0v) is 39.0. The average molecular weight is 897 g/mol. The van der Waals surface area contributed by atoms with E-state index in [1.165, 1.54) is 25.7 Å². The van der Waals surface area contributed by atoms with Gasteiger partial charge in [0, 0.05) is 13.0 Å². The lowest BCUT2D eigenvalue weighted by molar-refractivity contribution is -0.220. The van der Waals surface area contributed by atoms with Crippen LogP contribution in [0.5, 0.6) is 0 Å². The molecule has 358 valence electrons. The fraction of sp³-hybridized carbons (Fsp3) is 0.735. The van der Waals surface area contributed by atoms with Gasteiger partial charge < -0.3 is 39.9 Å². The third-order valence-electron chi connectivity index (χ3n) is 10.5. The van der Waals surface area contributed by atoms with E-state index >= 15 is 0 Å². The zero-order chi connectivity index (χ0) is 45.5. The van der Waals surface area contributed by atoms with Crippen LogP contribution in [0.3, 0.4) is 0 Å². The van der Waals surface area contributed by atoms with Crippen LogP contribution in [0.25, 0.3) is 0 Å². The van der Waals surface area contributed by atoms with Gasteiger partial charge >= 0.3 is 13.8 Å². The molecule has 6 unspecified atom stereocenters. The fourth-order valence-corrected chi connectivity index (χ4v) is 7.77. The number of esters is 1. The van der Waals surface area contributed by atoms with Crippen molar-refractivity contribution in [3.05, 3.63) is 72.9 Å². The molecule has 6 atom stereocenters. The van der Waals surface area contributed by atoms with Gasteiger partial charge in [-0.15, -0.1) is 0 Å². The summed E-state index contributed by atoms with van der Waals surface area (Å²) >= 11 is 0. The first-order chi connectivity index (χ1) is 30.0. The van der Waals surface area contributed by atoms with Gasteiger partial charge in [-0.25, -0.2) is 4.57 Å². The van der Waals surface area contributed by atoms with Crippen LogP contribution in [0.4, 0.5) is 0 Å². The molecule has 1 rings (SSSR count). The first-order valence-corrected chi connectivity index (χ1v) is 25.3. The largest absolute Gasteiger partial charge is 0.472 e. The zero-order valence-electron chi connectivity index (χ0n) is 38.1. The number of unbranched alkanes of at least 4 members (excludes halogenated alkanes) is 15. The Bertz CT molecular complexity index is 1300. The molecule has 1 fully saturated rings. The smallest absolute Gasteiger partial charge is 0.457 e. The summed E-state index contributed by atoms with van der Waals surface area (Å²) in [7, 11) is -5.03. The summed E-state index contributed by atoms with van der Waals surface area (Å²) in [4.78, 5) is 23.2. The maximum atomic E-state index is 12.8. The number of phosphoric acid groups is 1. The number of carbonyl (C=O) groups is 1. The van der Waals surface area contributed by atoms with Crippen LogP contribution in [0, 0.1) is 0 Å². The van der Waals surface area contributed by atoms with Crippen molar-refractivity contribution in [1.29, 1.82) is 0 Å². The molecule has 0 amide bonds. The van der Waals surface area contributed by atoms with E-state index in [9.17, 15) is 39.8 Å². The Morgan fingerprint density at radius 1 is 0.532 bits per heavy atom. The van der Waals surface area contributed by atoms with Gasteiger partial charge in [-0.3, -0.25) is 13.8 Å². The lowest BCUT2D eigenvalue weighted by Gasteiger charge is -2.41. The summed E-state index contributed by atoms with van der Waals surface area (Å²) in [5.74, 6) is -0.493. The van der Waals surface area contributed by atoms with E-state index < -0.39 is 63.1 Å². The van der Waals surface area contributed by atoms with Crippen molar-refractivity contribution in [1.82, 2.24) is 0 Å². The standard InChI is InChI=1S/C49H85O12P/c1-3-5-7-9-11-13-15-17-19-20-21-22-23-24-25-26-28-30-32-34-36-38-43(50)60-42(40-58-39-37-35-33-31-29-27-18-16-14-12-10-8-6-4-2)41-59-62(56,57)61-49-47(54)45(52)44(51)46(53)48(49)55/h5,7-8,10-11,13-14,16-17,19,21-22,42,44-49,51-55H,3-4,6,9,12,15,18,20,23-41H2,1-2H3,(H,56,57)/b7-5-,10-8-,13-11-,16-14-,19-17-,22-21-. The minimum Gasteiger partial charge on any atom is -0.457 e. The Hall–Kier alpha value is -2.22. The van der Waals surface area contributed by atoms with Crippen molar-refractivity contribution in [3.8, 4) is 0 Å². The molecule has 1 aliphatic carbocycles. The van der Waals surface area contributed by atoms with E-state index in [0.29, 0.717) is 13.0 Å². The molecule has 1 aliphatic rings. The molecule has 0 radical (unpaired) electrons. The number of allylic oxidation sites excluding steroid dienone is 12. The monoisotopic (exact) mass is 897 g/mol. The Kier molecular flexibility index (Phi) is 36.5. The molecule has 0 heterocycles. The highest BCUT2D eigenvalue weighted by molar-refractivity contribution is 7.47. The summed E-state index contributed by atoms with van der Waals surface area (Å²) in [6.07, 6.45) is 38.2. The van der Waals surface area contributed by atoms with Crippen LogP contribution in [-0.2, 0) is 27.9 Å². The summed E-state index contributed by atoms with van der Waals surface area (Å²) in [5, 5.41) is 50.2. The number of hydrogen-bond acceptors (Lipinski definition) is 11. The quantitative estimate of drug-likeness (QED) is 0.0148. The third-order valence-corrected chi connectivity index (χ3v) is 11.5.